The largest absolute Gasteiger partial charge is 0.497 e. The van der Waals surface area contributed by atoms with Crippen LogP contribution in [0, 0.1) is 12.8 Å². The lowest BCUT2D eigenvalue weighted by atomic mass is 10.0. The molecule has 122 valence electrons. The summed E-state index contributed by atoms with van der Waals surface area (Å²) >= 11 is 1.43. The molecule has 1 aromatic carbocycles. The van der Waals surface area contributed by atoms with Crippen LogP contribution in [-0.4, -0.2) is 30.1 Å². The van der Waals surface area contributed by atoms with E-state index >= 15 is 0 Å². The number of ether oxygens (including phenoxy) is 1. The van der Waals surface area contributed by atoms with Gasteiger partial charge in [-0.25, -0.2) is 0 Å². The third-order valence-electron chi connectivity index (χ3n) is 4.50. The van der Waals surface area contributed by atoms with Crippen LogP contribution in [0.3, 0.4) is 0 Å². The molecule has 23 heavy (non-hydrogen) atoms. The Hall–Kier alpha value is -2.08. The molecule has 2 aromatic rings. The van der Waals surface area contributed by atoms with E-state index in [0.29, 0.717) is 11.3 Å². The van der Waals surface area contributed by atoms with Gasteiger partial charge in [0.05, 0.1) is 17.9 Å². The minimum Gasteiger partial charge on any atom is -0.497 e. The first-order valence-electron chi connectivity index (χ1n) is 7.62. The van der Waals surface area contributed by atoms with Crippen LogP contribution < -0.4 is 10.1 Å². The van der Waals surface area contributed by atoms with Gasteiger partial charge in [0.25, 0.3) is 5.91 Å². The lowest BCUT2D eigenvalue weighted by Gasteiger charge is -2.17. The zero-order chi connectivity index (χ0) is 16.6. The molecule has 1 aliphatic rings. The third-order valence-corrected chi connectivity index (χ3v) is 5.77. The normalized spacial score (nSPS) is 20.6. The molecule has 0 aliphatic heterocycles. The van der Waals surface area contributed by atoms with Crippen molar-refractivity contribution in [2.75, 3.05) is 7.11 Å². The van der Waals surface area contributed by atoms with Gasteiger partial charge in [-0.2, -0.15) is 0 Å². The highest BCUT2D eigenvalue weighted by Gasteiger charge is 2.34. The first-order chi connectivity index (χ1) is 11.0. The van der Waals surface area contributed by atoms with E-state index in [4.69, 9.17) is 4.74 Å². The SMILES string of the molecule is COc1ccc2sc(C(=O)N[C@@H]3CCC[C@@H]3C(=O)O)c(C)c2c1. The van der Waals surface area contributed by atoms with Gasteiger partial charge in [-0.15, -0.1) is 11.3 Å². The molecule has 2 N–H and O–H groups in total. The summed E-state index contributed by atoms with van der Waals surface area (Å²) in [5, 5.41) is 13.1. The van der Waals surface area contributed by atoms with Crippen LogP contribution in [0.25, 0.3) is 10.1 Å². The van der Waals surface area contributed by atoms with Crippen molar-refractivity contribution in [2.24, 2.45) is 5.92 Å². The second kappa shape index (κ2) is 6.20. The maximum absolute atomic E-state index is 12.6. The second-order valence-corrected chi connectivity index (χ2v) is 6.93. The number of benzene rings is 1. The van der Waals surface area contributed by atoms with Gasteiger partial charge in [-0.3, -0.25) is 9.59 Å². The number of rotatable bonds is 4. The van der Waals surface area contributed by atoms with Gasteiger partial charge in [-0.1, -0.05) is 6.42 Å². The molecular weight excluding hydrogens is 314 g/mol. The molecule has 1 saturated carbocycles. The Morgan fingerprint density at radius 3 is 2.83 bits per heavy atom. The van der Waals surface area contributed by atoms with Crippen molar-refractivity contribution in [1.29, 1.82) is 0 Å². The highest BCUT2D eigenvalue weighted by atomic mass is 32.1. The first kappa shape index (κ1) is 15.8. The number of aryl methyl sites for hydroxylation is 1. The number of thiophene rings is 1. The zero-order valence-electron chi connectivity index (χ0n) is 13.1. The minimum absolute atomic E-state index is 0.180. The quantitative estimate of drug-likeness (QED) is 0.901. The summed E-state index contributed by atoms with van der Waals surface area (Å²) in [6.45, 7) is 1.91. The molecule has 0 unspecified atom stereocenters. The number of hydrogen-bond donors (Lipinski definition) is 2. The number of fused-ring (bicyclic) bond motifs is 1. The summed E-state index contributed by atoms with van der Waals surface area (Å²) in [7, 11) is 1.61. The monoisotopic (exact) mass is 333 g/mol. The van der Waals surface area contributed by atoms with Crippen molar-refractivity contribution in [2.45, 2.75) is 32.2 Å². The molecule has 1 amide bonds. The fourth-order valence-electron chi connectivity index (χ4n) is 3.21. The van der Waals surface area contributed by atoms with Crippen LogP contribution in [0.4, 0.5) is 0 Å². The molecule has 2 atom stereocenters. The van der Waals surface area contributed by atoms with Crippen molar-refractivity contribution in [3.63, 3.8) is 0 Å². The summed E-state index contributed by atoms with van der Waals surface area (Å²) in [6.07, 6.45) is 2.19. The number of hydrogen-bond acceptors (Lipinski definition) is 4. The Balaban J connectivity index is 1.86. The van der Waals surface area contributed by atoms with Crippen molar-refractivity contribution in [1.82, 2.24) is 5.32 Å². The minimum atomic E-state index is -0.828. The summed E-state index contributed by atoms with van der Waals surface area (Å²) in [4.78, 5) is 24.5. The van der Waals surface area contributed by atoms with Crippen LogP contribution in [-0.2, 0) is 4.79 Å². The number of nitrogens with one attached hydrogen (secondary N) is 1. The van der Waals surface area contributed by atoms with Gasteiger partial charge >= 0.3 is 5.97 Å². The molecule has 1 heterocycles. The molecule has 1 aliphatic carbocycles. The third kappa shape index (κ3) is 2.91. The highest BCUT2D eigenvalue weighted by Crippen LogP contribution is 2.34. The molecule has 0 bridgehead atoms. The molecular formula is C17H19NO4S. The van der Waals surface area contributed by atoms with E-state index in [-0.39, 0.29) is 11.9 Å². The molecule has 5 nitrogen and oxygen atoms in total. The van der Waals surface area contributed by atoms with Crippen molar-refractivity contribution < 1.29 is 19.4 Å². The predicted molar refractivity (Wildman–Crippen MR) is 89.3 cm³/mol. The Kier molecular flexibility index (Phi) is 4.26. The van der Waals surface area contributed by atoms with Gasteiger partial charge in [0, 0.05) is 10.7 Å². The average molecular weight is 333 g/mol. The zero-order valence-corrected chi connectivity index (χ0v) is 13.9. The number of carbonyl (C=O) groups excluding carboxylic acids is 1. The molecule has 1 aromatic heterocycles. The Morgan fingerprint density at radius 2 is 2.13 bits per heavy atom. The second-order valence-electron chi connectivity index (χ2n) is 5.87. The van der Waals surface area contributed by atoms with Gasteiger partial charge in [0.2, 0.25) is 0 Å². The molecule has 0 saturated heterocycles. The smallest absolute Gasteiger partial charge is 0.308 e. The molecule has 3 rings (SSSR count). The van der Waals surface area contributed by atoms with Crippen molar-refractivity contribution in [3.05, 3.63) is 28.6 Å². The van der Waals surface area contributed by atoms with Crippen LogP contribution in [0.1, 0.15) is 34.5 Å². The first-order valence-corrected chi connectivity index (χ1v) is 8.43. The van der Waals surface area contributed by atoms with Crippen LogP contribution >= 0.6 is 11.3 Å². The van der Waals surface area contributed by atoms with Crippen molar-refractivity contribution in [3.8, 4) is 5.75 Å². The maximum Gasteiger partial charge on any atom is 0.308 e. The summed E-state index contributed by atoms with van der Waals surface area (Å²) in [5.74, 6) is -0.729. The van der Waals surface area contributed by atoms with Crippen molar-refractivity contribution >= 4 is 33.3 Å². The Bertz CT molecular complexity index is 767. The number of aliphatic carboxylic acids is 1. The lowest BCUT2D eigenvalue weighted by Crippen LogP contribution is -2.40. The predicted octanol–water partition coefficient (Wildman–Crippen LogP) is 3.20. The summed E-state index contributed by atoms with van der Waals surface area (Å²) in [6, 6.07) is 5.46. The Labute approximate surface area is 138 Å². The van der Waals surface area contributed by atoms with E-state index < -0.39 is 11.9 Å². The van der Waals surface area contributed by atoms with Crippen LogP contribution in [0.5, 0.6) is 5.75 Å². The molecule has 0 radical (unpaired) electrons. The fourth-order valence-corrected chi connectivity index (χ4v) is 4.30. The number of carboxylic acid groups (broad SMARTS) is 1. The number of carbonyl (C=O) groups is 2. The van der Waals surface area contributed by atoms with Gasteiger partial charge in [-0.05, 0) is 48.9 Å². The lowest BCUT2D eigenvalue weighted by molar-refractivity contribution is -0.142. The molecule has 1 fully saturated rings. The number of carboxylic acids is 1. The molecule has 6 heteroatoms. The van der Waals surface area contributed by atoms with Crippen LogP contribution in [0.15, 0.2) is 18.2 Å². The van der Waals surface area contributed by atoms with E-state index in [0.717, 1.165) is 34.2 Å². The van der Waals surface area contributed by atoms with Gasteiger partial charge in [0.1, 0.15) is 5.75 Å². The Morgan fingerprint density at radius 1 is 1.35 bits per heavy atom. The fraction of sp³-hybridized carbons (Fsp3) is 0.412. The number of methoxy groups -OCH3 is 1. The van der Waals surface area contributed by atoms with E-state index in [2.05, 4.69) is 5.32 Å². The van der Waals surface area contributed by atoms with Gasteiger partial charge < -0.3 is 15.2 Å². The highest BCUT2D eigenvalue weighted by molar-refractivity contribution is 7.21. The van der Waals surface area contributed by atoms with E-state index in [1.54, 1.807) is 7.11 Å². The molecule has 0 spiro atoms. The maximum atomic E-state index is 12.6. The topological polar surface area (TPSA) is 75.6 Å². The average Bonchev–Trinajstić information content (AvgIpc) is 3.12. The number of amides is 1. The van der Waals surface area contributed by atoms with E-state index in [1.165, 1.54) is 11.3 Å². The summed E-state index contributed by atoms with van der Waals surface area (Å²) < 4.78 is 6.26. The van der Waals surface area contributed by atoms with E-state index in [1.807, 2.05) is 25.1 Å². The standard InChI is InChI=1S/C17H19NO4S/c1-9-12-8-10(22-2)6-7-14(12)23-15(9)16(19)18-13-5-3-4-11(13)17(20)21/h6-8,11,13H,3-5H2,1-2H3,(H,18,19)(H,20,21)/t11-,13+/m0/s1. The van der Waals surface area contributed by atoms with Gasteiger partial charge in [0.15, 0.2) is 0 Å². The van der Waals surface area contributed by atoms with E-state index in [9.17, 15) is 14.7 Å². The van der Waals surface area contributed by atoms with Crippen LogP contribution in [0.2, 0.25) is 0 Å². The summed E-state index contributed by atoms with van der Waals surface area (Å²) in [5.41, 5.74) is 0.909.